The topological polar surface area (TPSA) is 112 Å². The summed E-state index contributed by atoms with van der Waals surface area (Å²) < 4.78 is 0. The maximum atomic E-state index is 11.9. The summed E-state index contributed by atoms with van der Waals surface area (Å²) in [7, 11) is 0. The van der Waals surface area contributed by atoms with Crippen molar-refractivity contribution in [2.75, 3.05) is 5.32 Å². The zero-order valence-corrected chi connectivity index (χ0v) is 10.5. The highest BCUT2D eigenvalue weighted by molar-refractivity contribution is 6.04. The van der Waals surface area contributed by atoms with Gasteiger partial charge in [-0.1, -0.05) is 6.07 Å². The number of aromatic nitrogens is 2. The van der Waals surface area contributed by atoms with E-state index in [0.29, 0.717) is 11.3 Å². The third-order valence-electron chi connectivity index (χ3n) is 2.72. The van der Waals surface area contributed by atoms with E-state index in [1.807, 2.05) is 0 Å². The number of rotatable bonds is 3. The molecule has 3 N–H and O–H groups in total. The quantitative estimate of drug-likeness (QED) is 0.773. The van der Waals surface area contributed by atoms with E-state index < -0.39 is 17.4 Å². The fraction of sp³-hybridized carbons (Fsp3) is 0.0769. The van der Waals surface area contributed by atoms with Gasteiger partial charge in [-0.2, -0.15) is 5.10 Å². The van der Waals surface area contributed by atoms with Crippen LogP contribution in [-0.4, -0.2) is 27.2 Å². The molecule has 0 fully saturated rings. The summed E-state index contributed by atoms with van der Waals surface area (Å²) in [5, 5.41) is 17.3. The Morgan fingerprint density at radius 2 is 2.00 bits per heavy atom. The van der Waals surface area contributed by atoms with E-state index in [9.17, 15) is 14.4 Å². The Kier molecular flexibility index (Phi) is 3.60. The van der Waals surface area contributed by atoms with Crippen LogP contribution in [0.15, 0.2) is 35.1 Å². The number of carboxylic acid groups (broad SMARTS) is 1. The molecule has 1 aromatic heterocycles. The Bertz CT molecular complexity index is 716. The zero-order valence-electron chi connectivity index (χ0n) is 10.5. The number of carboxylic acids is 1. The summed E-state index contributed by atoms with van der Waals surface area (Å²) in [5.74, 6) is -1.60. The highest BCUT2D eigenvalue weighted by atomic mass is 16.4. The van der Waals surface area contributed by atoms with Crippen molar-refractivity contribution >= 4 is 17.6 Å². The van der Waals surface area contributed by atoms with Crippen molar-refractivity contribution in [1.82, 2.24) is 10.2 Å². The van der Waals surface area contributed by atoms with Crippen molar-refractivity contribution in [3.8, 4) is 0 Å². The van der Waals surface area contributed by atoms with Crippen LogP contribution in [0, 0.1) is 6.92 Å². The van der Waals surface area contributed by atoms with Gasteiger partial charge in [0.25, 0.3) is 11.5 Å². The van der Waals surface area contributed by atoms with Crippen LogP contribution in [0.25, 0.3) is 0 Å². The van der Waals surface area contributed by atoms with Gasteiger partial charge in [0.15, 0.2) is 0 Å². The monoisotopic (exact) mass is 273 g/mol. The van der Waals surface area contributed by atoms with Gasteiger partial charge in [0, 0.05) is 11.8 Å². The van der Waals surface area contributed by atoms with Crippen LogP contribution < -0.4 is 10.9 Å². The number of carbonyl (C=O) groups is 2. The summed E-state index contributed by atoms with van der Waals surface area (Å²) in [6, 6.07) is 7.04. The molecular weight excluding hydrogens is 262 g/mol. The molecule has 7 heteroatoms. The number of nitrogens with zero attached hydrogens (tertiary/aromatic N) is 1. The van der Waals surface area contributed by atoms with Crippen molar-refractivity contribution in [2.24, 2.45) is 0 Å². The van der Waals surface area contributed by atoms with Gasteiger partial charge >= 0.3 is 5.97 Å². The molecule has 1 amide bonds. The molecule has 2 aromatic rings. The summed E-state index contributed by atoms with van der Waals surface area (Å²) in [6.45, 7) is 1.60. The number of nitrogens with one attached hydrogen (secondary N) is 2. The summed E-state index contributed by atoms with van der Waals surface area (Å²) >= 11 is 0. The second-order valence-corrected chi connectivity index (χ2v) is 4.04. The Morgan fingerprint density at radius 3 is 2.60 bits per heavy atom. The lowest BCUT2D eigenvalue weighted by molar-refractivity contribution is 0.0695. The summed E-state index contributed by atoms with van der Waals surface area (Å²) in [6.07, 6.45) is 0. The Hall–Kier alpha value is -2.96. The molecule has 1 heterocycles. The lowest BCUT2D eigenvalue weighted by Crippen LogP contribution is -2.18. The smallest absolute Gasteiger partial charge is 0.336 e. The molecule has 0 aliphatic rings. The molecule has 0 spiro atoms. The van der Waals surface area contributed by atoms with Crippen molar-refractivity contribution in [1.29, 1.82) is 0 Å². The van der Waals surface area contributed by atoms with Gasteiger partial charge < -0.3 is 10.4 Å². The Labute approximate surface area is 113 Å². The fourth-order valence-electron chi connectivity index (χ4n) is 1.66. The predicted octanol–water partition coefficient (Wildman–Crippen LogP) is 1.03. The van der Waals surface area contributed by atoms with E-state index in [2.05, 4.69) is 15.5 Å². The van der Waals surface area contributed by atoms with Crippen LogP contribution >= 0.6 is 0 Å². The van der Waals surface area contributed by atoms with E-state index >= 15 is 0 Å². The van der Waals surface area contributed by atoms with Crippen molar-refractivity contribution < 1.29 is 14.7 Å². The van der Waals surface area contributed by atoms with E-state index in [1.54, 1.807) is 13.0 Å². The van der Waals surface area contributed by atoms with Gasteiger partial charge in [0.1, 0.15) is 5.69 Å². The van der Waals surface area contributed by atoms with Gasteiger partial charge in [-0.3, -0.25) is 9.59 Å². The molecule has 0 radical (unpaired) electrons. The minimum absolute atomic E-state index is 0.0322. The van der Waals surface area contributed by atoms with Gasteiger partial charge in [-0.15, -0.1) is 0 Å². The number of H-pyrrole nitrogens is 1. The molecule has 0 saturated carbocycles. The minimum Gasteiger partial charge on any atom is -0.478 e. The van der Waals surface area contributed by atoms with Gasteiger partial charge in [0.05, 0.1) is 5.56 Å². The lowest BCUT2D eigenvalue weighted by Gasteiger charge is -2.09. The Morgan fingerprint density at radius 1 is 1.25 bits per heavy atom. The van der Waals surface area contributed by atoms with Crippen LogP contribution in [-0.2, 0) is 0 Å². The zero-order chi connectivity index (χ0) is 14.7. The van der Waals surface area contributed by atoms with Gasteiger partial charge in [-0.25, -0.2) is 9.89 Å². The molecule has 20 heavy (non-hydrogen) atoms. The maximum absolute atomic E-state index is 11.9. The molecule has 2 rings (SSSR count). The number of anilines is 1. The lowest BCUT2D eigenvalue weighted by atomic mass is 10.1. The predicted molar refractivity (Wildman–Crippen MR) is 70.9 cm³/mol. The van der Waals surface area contributed by atoms with Crippen LogP contribution in [0.5, 0.6) is 0 Å². The number of amides is 1. The molecular formula is C13H11N3O4. The number of hydrogen-bond donors (Lipinski definition) is 3. The number of aromatic carboxylic acids is 1. The average Bonchev–Trinajstić information content (AvgIpc) is 2.41. The summed E-state index contributed by atoms with van der Waals surface area (Å²) in [4.78, 5) is 33.8. The third-order valence-corrected chi connectivity index (χ3v) is 2.72. The number of benzene rings is 1. The highest BCUT2D eigenvalue weighted by Gasteiger charge is 2.13. The molecule has 0 atom stereocenters. The first-order chi connectivity index (χ1) is 9.49. The van der Waals surface area contributed by atoms with Crippen LogP contribution in [0.3, 0.4) is 0 Å². The fourth-order valence-corrected chi connectivity index (χ4v) is 1.66. The first-order valence-corrected chi connectivity index (χ1v) is 5.69. The molecule has 0 unspecified atom stereocenters. The first-order valence-electron chi connectivity index (χ1n) is 5.69. The van der Waals surface area contributed by atoms with Crippen molar-refractivity contribution in [3.05, 3.63) is 57.5 Å². The standard InChI is InChI=1S/C13H11N3O4/c1-7-8(13(19)20)3-2-4-9(7)14-12(18)10-5-6-11(17)16-15-10/h2-6H,1H3,(H,14,18)(H,16,17)(H,19,20). The number of hydrogen-bond acceptors (Lipinski definition) is 4. The van der Waals surface area contributed by atoms with Gasteiger partial charge in [-0.05, 0) is 30.7 Å². The SMILES string of the molecule is Cc1c(NC(=O)c2ccc(=O)[nH]n2)cccc1C(=O)O. The molecule has 1 aromatic carbocycles. The highest BCUT2D eigenvalue weighted by Crippen LogP contribution is 2.19. The second-order valence-electron chi connectivity index (χ2n) is 4.04. The van der Waals surface area contributed by atoms with E-state index in [1.165, 1.54) is 24.3 Å². The van der Waals surface area contributed by atoms with E-state index in [-0.39, 0.29) is 11.3 Å². The number of carbonyl (C=O) groups excluding carboxylic acids is 1. The normalized spacial score (nSPS) is 10.1. The van der Waals surface area contributed by atoms with Crippen LogP contribution in [0.1, 0.15) is 26.4 Å². The molecule has 0 aliphatic heterocycles. The maximum Gasteiger partial charge on any atom is 0.336 e. The number of aromatic amines is 1. The van der Waals surface area contributed by atoms with Crippen molar-refractivity contribution in [3.63, 3.8) is 0 Å². The summed E-state index contributed by atoms with van der Waals surface area (Å²) in [5.41, 5.74) is 0.549. The third kappa shape index (κ3) is 2.72. The van der Waals surface area contributed by atoms with Crippen LogP contribution in [0.2, 0.25) is 0 Å². The molecule has 0 bridgehead atoms. The largest absolute Gasteiger partial charge is 0.478 e. The first kappa shape index (κ1) is 13.5. The van der Waals surface area contributed by atoms with E-state index in [4.69, 9.17) is 5.11 Å². The molecule has 102 valence electrons. The molecule has 0 aliphatic carbocycles. The van der Waals surface area contributed by atoms with Gasteiger partial charge in [0.2, 0.25) is 0 Å². The van der Waals surface area contributed by atoms with E-state index in [0.717, 1.165) is 0 Å². The average molecular weight is 273 g/mol. The Balaban J connectivity index is 2.28. The molecule has 0 saturated heterocycles. The second kappa shape index (κ2) is 5.35. The minimum atomic E-state index is -1.07. The molecule has 7 nitrogen and oxygen atoms in total. The van der Waals surface area contributed by atoms with Crippen LogP contribution in [0.4, 0.5) is 5.69 Å². The van der Waals surface area contributed by atoms with Crippen molar-refractivity contribution in [2.45, 2.75) is 6.92 Å².